The zero-order valence-corrected chi connectivity index (χ0v) is 18.4. The van der Waals surface area contributed by atoms with Crippen LogP contribution < -0.4 is 0 Å². The molecule has 1 heterocycles. The van der Waals surface area contributed by atoms with Gasteiger partial charge in [-0.25, -0.2) is 0 Å². The summed E-state index contributed by atoms with van der Waals surface area (Å²) in [5.41, 5.74) is 1.60. The number of allylic oxidation sites excluding steroid dienone is 2. The van der Waals surface area contributed by atoms with Gasteiger partial charge in [-0.2, -0.15) is 0 Å². The maximum absolute atomic E-state index is 6.98. The third kappa shape index (κ3) is 4.24. The number of fused-ring (bicyclic) bond motifs is 3. The number of quaternary nitrogens is 1. The molecule has 1 aliphatic heterocycles. The van der Waals surface area contributed by atoms with E-state index in [0.29, 0.717) is 18.1 Å². The van der Waals surface area contributed by atoms with Crippen molar-refractivity contribution in [3.05, 3.63) is 48.0 Å². The third-order valence-corrected chi connectivity index (χ3v) is 7.54. The van der Waals surface area contributed by atoms with Gasteiger partial charge in [0, 0.05) is 11.0 Å². The monoisotopic (exact) mass is 382 g/mol. The molecule has 0 unspecified atom stereocenters. The van der Waals surface area contributed by atoms with Gasteiger partial charge in [0.05, 0.1) is 32.8 Å². The summed E-state index contributed by atoms with van der Waals surface area (Å²) in [7, 11) is 4.78. The van der Waals surface area contributed by atoms with Crippen LogP contribution in [-0.4, -0.2) is 37.3 Å². The van der Waals surface area contributed by atoms with Crippen molar-refractivity contribution in [3.8, 4) is 0 Å². The molecular weight excluding hydrogens is 342 g/mol. The van der Waals surface area contributed by atoms with Gasteiger partial charge in [0.2, 0.25) is 0 Å². The Morgan fingerprint density at radius 3 is 2.54 bits per heavy atom. The van der Waals surface area contributed by atoms with Crippen LogP contribution in [0.2, 0.25) is 0 Å². The predicted octanol–water partition coefficient (Wildman–Crippen LogP) is 5.83. The summed E-state index contributed by atoms with van der Waals surface area (Å²) in [5.74, 6) is 2.23. The smallest absolute Gasteiger partial charge is 0.104 e. The normalized spacial score (nSPS) is 33.2. The lowest BCUT2D eigenvalue weighted by Gasteiger charge is -2.54. The molecule has 2 aliphatic carbocycles. The van der Waals surface area contributed by atoms with Crippen molar-refractivity contribution in [2.24, 2.45) is 23.2 Å². The number of hydrogen-bond donors (Lipinski definition) is 0. The van der Waals surface area contributed by atoms with Crippen molar-refractivity contribution in [1.29, 1.82) is 0 Å². The number of ether oxygens (including phenoxy) is 1. The van der Waals surface area contributed by atoms with E-state index >= 15 is 0 Å². The molecule has 28 heavy (non-hydrogen) atoms. The summed E-state index contributed by atoms with van der Waals surface area (Å²) >= 11 is 0. The topological polar surface area (TPSA) is 9.23 Å². The van der Waals surface area contributed by atoms with Crippen molar-refractivity contribution in [1.82, 2.24) is 0 Å². The highest BCUT2D eigenvalue weighted by molar-refractivity contribution is 5.13. The lowest BCUT2D eigenvalue weighted by molar-refractivity contribution is -0.910. The van der Waals surface area contributed by atoms with Gasteiger partial charge < -0.3 is 9.22 Å². The summed E-state index contributed by atoms with van der Waals surface area (Å²) in [4.78, 5) is 0. The first kappa shape index (κ1) is 20.2. The Morgan fingerprint density at radius 2 is 1.75 bits per heavy atom. The van der Waals surface area contributed by atoms with Crippen molar-refractivity contribution < 1.29 is 9.22 Å². The van der Waals surface area contributed by atoms with Crippen LogP contribution in [0.3, 0.4) is 0 Å². The lowest BCUT2D eigenvalue weighted by Crippen LogP contribution is -2.58. The predicted molar refractivity (Wildman–Crippen MR) is 117 cm³/mol. The number of benzene rings is 1. The molecule has 0 amide bonds. The maximum atomic E-state index is 6.98. The highest BCUT2D eigenvalue weighted by Gasteiger charge is 2.51. The van der Waals surface area contributed by atoms with Crippen molar-refractivity contribution in [2.75, 3.05) is 20.6 Å². The van der Waals surface area contributed by atoms with E-state index in [2.05, 4.69) is 70.4 Å². The summed E-state index contributed by atoms with van der Waals surface area (Å²) in [6, 6.07) is 11.0. The van der Waals surface area contributed by atoms with Crippen LogP contribution in [-0.2, 0) is 11.3 Å². The van der Waals surface area contributed by atoms with E-state index < -0.39 is 0 Å². The molecule has 3 aliphatic rings. The van der Waals surface area contributed by atoms with Gasteiger partial charge in [0.1, 0.15) is 6.54 Å². The van der Waals surface area contributed by atoms with Crippen LogP contribution in [0.5, 0.6) is 0 Å². The standard InChI is InChI=1S/C26H40NO/c1-26(2,19-27(3,4)18-20-12-6-5-7-13-20)25-23-16-9-8-14-21(23)22-15-10-11-17-24(22)28-25/h5-8,12-14,21-25H,9-11,15-19H2,1-4H3/q+1/t21-,22+,23+,24+,25+/m0/s1. The fraction of sp³-hybridized carbons (Fsp3) is 0.692. The molecule has 1 aromatic carbocycles. The second-order valence-corrected chi connectivity index (χ2v) is 11.0. The summed E-state index contributed by atoms with van der Waals surface area (Å²) in [6.07, 6.45) is 13.9. The largest absolute Gasteiger partial charge is 0.374 e. The van der Waals surface area contributed by atoms with Crippen LogP contribution in [0.4, 0.5) is 0 Å². The lowest BCUT2D eigenvalue weighted by atomic mass is 9.61. The second-order valence-electron chi connectivity index (χ2n) is 11.0. The third-order valence-electron chi connectivity index (χ3n) is 7.54. The van der Waals surface area contributed by atoms with Crippen LogP contribution in [0.25, 0.3) is 0 Å². The number of nitrogens with zero attached hydrogens (tertiary/aromatic N) is 1. The van der Waals surface area contributed by atoms with Gasteiger partial charge in [-0.3, -0.25) is 0 Å². The maximum Gasteiger partial charge on any atom is 0.104 e. The van der Waals surface area contributed by atoms with Crippen molar-refractivity contribution in [2.45, 2.75) is 71.1 Å². The van der Waals surface area contributed by atoms with E-state index in [4.69, 9.17) is 4.74 Å². The summed E-state index contributed by atoms with van der Waals surface area (Å²) < 4.78 is 7.99. The first-order valence-electron chi connectivity index (χ1n) is 11.5. The molecule has 154 valence electrons. The Hall–Kier alpha value is -1.12. The van der Waals surface area contributed by atoms with Gasteiger partial charge in [-0.15, -0.1) is 0 Å². The Morgan fingerprint density at radius 1 is 1.00 bits per heavy atom. The van der Waals surface area contributed by atoms with E-state index in [-0.39, 0.29) is 5.41 Å². The molecule has 2 heteroatoms. The molecular formula is C26H40NO+. The summed E-state index contributed by atoms with van der Waals surface area (Å²) in [6.45, 7) is 7.18. The Bertz CT molecular complexity index is 677. The molecule has 2 fully saturated rings. The molecule has 2 nitrogen and oxygen atoms in total. The van der Waals surface area contributed by atoms with Crippen LogP contribution in [0.1, 0.15) is 57.9 Å². The molecule has 0 bridgehead atoms. The van der Waals surface area contributed by atoms with Crippen LogP contribution in [0, 0.1) is 23.2 Å². The minimum absolute atomic E-state index is 0.175. The van der Waals surface area contributed by atoms with E-state index in [1.165, 1.54) is 44.1 Å². The molecule has 0 N–H and O–H groups in total. The molecule has 0 aromatic heterocycles. The van der Waals surface area contributed by atoms with Gasteiger partial charge in [-0.1, -0.05) is 69.2 Å². The van der Waals surface area contributed by atoms with E-state index in [9.17, 15) is 0 Å². The molecule has 0 spiro atoms. The Balaban J connectivity index is 1.53. The second kappa shape index (κ2) is 7.95. The Kier molecular flexibility index (Phi) is 5.73. The Labute approximate surface area is 172 Å². The van der Waals surface area contributed by atoms with Gasteiger partial charge in [0.15, 0.2) is 0 Å². The zero-order chi connectivity index (χ0) is 19.8. The molecule has 5 atom stereocenters. The van der Waals surface area contributed by atoms with Crippen molar-refractivity contribution in [3.63, 3.8) is 0 Å². The SMILES string of the molecule is CC(C)(C[N+](C)(C)Cc1ccccc1)[C@@H]1O[C@@H]2CCCC[C@@H]2[C@@H]2C=CCC[C@H]21. The minimum atomic E-state index is 0.175. The average Bonchev–Trinajstić information content (AvgIpc) is 2.67. The van der Waals surface area contributed by atoms with Gasteiger partial charge in [0.25, 0.3) is 0 Å². The molecule has 4 rings (SSSR count). The van der Waals surface area contributed by atoms with E-state index in [0.717, 1.165) is 29.4 Å². The molecule has 1 saturated carbocycles. The fourth-order valence-electron chi connectivity index (χ4n) is 6.81. The average molecular weight is 383 g/mol. The van der Waals surface area contributed by atoms with E-state index in [1.54, 1.807) is 0 Å². The van der Waals surface area contributed by atoms with Crippen LogP contribution >= 0.6 is 0 Å². The summed E-state index contributed by atoms with van der Waals surface area (Å²) in [5, 5.41) is 0. The first-order chi connectivity index (χ1) is 13.4. The van der Waals surface area contributed by atoms with Gasteiger partial charge in [-0.05, 0) is 43.4 Å². The highest BCUT2D eigenvalue weighted by Crippen LogP contribution is 2.50. The first-order valence-corrected chi connectivity index (χ1v) is 11.5. The highest BCUT2D eigenvalue weighted by atomic mass is 16.5. The fourth-order valence-corrected chi connectivity index (χ4v) is 6.81. The number of rotatable bonds is 5. The quantitative estimate of drug-likeness (QED) is 0.460. The zero-order valence-electron chi connectivity index (χ0n) is 18.4. The molecule has 1 aromatic rings. The van der Waals surface area contributed by atoms with Gasteiger partial charge >= 0.3 is 0 Å². The molecule has 0 radical (unpaired) electrons. The van der Waals surface area contributed by atoms with E-state index in [1.807, 2.05) is 0 Å². The minimum Gasteiger partial charge on any atom is -0.374 e. The van der Waals surface area contributed by atoms with Crippen molar-refractivity contribution >= 4 is 0 Å². The molecule has 1 saturated heterocycles. The number of hydrogen-bond acceptors (Lipinski definition) is 1. The van der Waals surface area contributed by atoms with Crippen LogP contribution in [0.15, 0.2) is 42.5 Å².